The minimum absolute atomic E-state index is 0.541. The Kier molecular flexibility index (Phi) is 2.71. The molecule has 1 aliphatic heterocycles. The van der Waals surface area contributed by atoms with E-state index in [1.54, 1.807) is 7.11 Å². The molecule has 0 amide bonds. The standard InChI is InChI=1S/C12H18N2O/c1-9(2)14-7-6-13-11-8-10(15-3)4-5-12(11)14/h4-5,8-9,13H,6-7H2,1-3H3. The lowest BCUT2D eigenvalue weighted by molar-refractivity contribution is 0.415. The number of nitrogens with one attached hydrogen (secondary N) is 1. The van der Waals surface area contributed by atoms with Crippen molar-refractivity contribution in [2.45, 2.75) is 19.9 Å². The topological polar surface area (TPSA) is 24.5 Å². The van der Waals surface area contributed by atoms with Crippen LogP contribution >= 0.6 is 0 Å². The summed E-state index contributed by atoms with van der Waals surface area (Å²) < 4.78 is 5.22. The van der Waals surface area contributed by atoms with E-state index in [-0.39, 0.29) is 0 Å². The molecule has 2 rings (SSSR count). The maximum atomic E-state index is 5.22. The Hall–Kier alpha value is -1.38. The third-order valence-corrected chi connectivity index (χ3v) is 2.80. The molecule has 3 nitrogen and oxygen atoms in total. The Morgan fingerprint density at radius 2 is 2.20 bits per heavy atom. The first-order chi connectivity index (χ1) is 7.22. The average Bonchev–Trinajstić information content (AvgIpc) is 2.27. The summed E-state index contributed by atoms with van der Waals surface area (Å²) in [5, 5.41) is 3.40. The quantitative estimate of drug-likeness (QED) is 0.803. The van der Waals surface area contributed by atoms with Crippen molar-refractivity contribution in [2.75, 3.05) is 30.4 Å². The van der Waals surface area contributed by atoms with Crippen LogP contribution in [-0.4, -0.2) is 26.2 Å². The second kappa shape index (κ2) is 4.01. The summed E-state index contributed by atoms with van der Waals surface area (Å²) in [6.07, 6.45) is 0. The fourth-order valence-corrected chi connectivity index (χ4v) is 2.00. The molecule has 0 saturated heterocycles. The van der Waals surface area contributed by atoms with Crippen LogP contribution in [0.4, 0.5) is 11.4 Å². The second-order valence-electron chi connectivity index (χ2n) is 4.10. The largest absolute Gasteiger partial charge is 0.497 e. The van der Waals surface area contributed by atoms with E-state index in [0.717, 1.165) is 18.8 Å². The Morgan fingerprint density at radius 3 is 2.87 bits per heavy atom. The Bertz CT molecular complexity index is 349. The number of methoxy groups -OCH3 is 1. The monoisotopic (exact) mass is 206 g/mol. The highest BCUT2D eigenvalue weighted by molar-refractivity contribution is 5.74. The van der Waals surface area contributed by atoms with Crippen LogP contribution in [0.3, 0.4) is 0 Å². The van der Waals surface area contributed by atoms with Crippen LogP contribution in [0.2, 0.25) is 0 Å². The minimum Gasteiger partial charge on any atom is -0.497 e. The molecule has 0 fully saturated rings. The first-order valence-corrected chi connectivity index (χ1v) is 5.41. The van der Waals surface area contributed by atoms with Gasteiger partial charge in [-0.2, -0.15) is 0 Å². The van der Waals surface area contributed by atoms with Crippen LogP contribution in [0.15, 0.2) is 18.2 Å². The van der Waals surface area contributed by atoms with Gasteiger partial charge in [0.1, 0.15) is 5.75 Å². The van der Waals surface area contributed by atoms with Crippen molar-refractivity contribution in [1.82, 2.24) is 0 Å². The van der Waals surface area contributed by atoms with E-state index in [9.17, 15) is 0 Å². The van der Waals surface area contributed by atoms with Crippen LogP contribution in [0.5, 0.6) is 5.75 Å². The van der Waals surface area contributed by atoms with E-state index in [1.165, 1.54) is 11.4 Å². The van der Waals surface area contributed by atoms with E-state index in [1.807, 2.05) is 6.07 Å². The summed E-state index contributed by atoms with van der Waals surface area (Å²) in [5.74, 6) is 0.909. The molecule has 0 atom stereocenters. The predicted molar refractivity (Wildman–Crippen MR) is 64.0 cm³/mol. The third-order valence-electron chi connectivity index (χ3n) is 2.80. The van der Waals surface area contributed by atoms with Crippen molar-refractivity contribution in [3.63, 3.8) is 0 Å². The zero-order chi connectivity index (χ0) is 10.8. The summed E-state index contributed by atoms with van der Waals surface area (Å²) in [4.78, 5) is 2.41. The van der Waals surface area contributed by atoms with E-state index >= 15 is 0 Å². The minimum atomic E-state index is 0.541. The maximum Gasteiger partial charge on any atom is 0.121 e. The van der Waals surface area contributed by atoms with Gasteiger partial charge >= 0.3 is 0 Å². The van der Waals surface area contributed by atoms with Gasteiger partial charge in [-0.05, 0) is 26.0 Å². The molecule has 0 aliphatic carbocycles. The maximum absolute atomic E-state index is 5.22. The summed E-state index contributed by atoms with van der Waals surface area (Å²) in [7, 11) is 1.70. The van der Waals surface area contributed by atoms with Gasteiger partial charge in [0, 0.05) is 25.2 Å². The summed E-state index contributed by atoms with van der Waals surface area (Å²) in [6.45, 7) is 6.51. The van der Waals surface area contributed by atoms with Gasteiger partial charge in [0.05, 0.1) is 18.5 Å². The van der Waals surface area contributed by atoms with Gasteiger partial charge in [-0.15, -0.1) is 0 Å². The molecule has 0 spiro atoms. The zero-order valence-corrected chi connectivity index (χ0v) is 9.58. The number of hydrogen-bond acceptors (Lipinski definition) is 3. The van der Waals surface area contributed by atoms with Crippen LogP contribution in [0.1, 0.15) is 13.8 Å². The van der Waals surface area contributed by atoms with Gasteiger partial charge in [-0.1, -0.05) is 0 Å². The SMILES string of the molecule is COc1ccc2c(c1)NCCN2C(C)C. The fourth-order valence-electron chi connectivity index (χ4n) is 2.00. The molecule has 0 unspecified atom stereocenters. The number of rotatable bonds is 2. The van der Waals surface area contributed by atoms with Gasteiger partial charge in [0.2, 0.25) is 0 Å². The van der Waals surface area contributed by atoms with Gasteiger partial charge in [0.15, 0.2) is 0 Å². The smallest absolute Gasteiger partial charge is 0.121 e. The molecule has 1 aromatic rings. The molecule has 3 heteroatoms. The van der Waals surface area contributed by atoms with Gasteiger partial charge < -0.3 is 15.0 Å². The van der Waals surface area contributed by atoms with Crippen molar-refractivity contribution >= 4 is 11.4 Å². The second-order valence-corrected chi connectivity index (χ2v) is 4.10. The zero-order valence-electron chi connectivity index (χ0n) is 9.58. The molecule has 1 aromatic carbocycles. The Morgan fingerprint density at radius 1 is 1.40 bits per heavy atom. The van der Waals surface area contributed by atoms with Crippen LogP contribution < -0.4 is 15.0 Å². The van der Waals surface area contributed by atoms with Crippen molar-refractivity contribution in [2.24, 2.45) is 0 Å². The molecule has 82 valence electrons. The summed E-state index contributed by atoms with van der Waals surface area (Å²) >= 11 is 0. The first-order valence-electron chi connectivity index (χ1n) is 5.41. The Labute approximate surface area is 91.0 Å². The normalized spacial score (nSPS) is 14.8. The number of fused-ring (bicyclic) bond motifs is 1. The molecule has 0 radical (unpaired) electrons. The lowest BCUT2D eigenvalue weighted by atomic mass is 10.1. The highest BCUT2D eigenvalue weighted by atomic mass is 16.5. The fraction of sp³-hybridized carbons (Fsp3) is 0.500. The Balaban J connectivity index is 2.36. The number of ether oxygens (including phenoxy) is 1. The van der Waals surface area contributed by atoms with E-state index in [0.29, 0.717) is 6.04 Å². The number of nitrogens with zero attached hydrogens (tertiary/aromatic N) is 1. The molecular formula is C12H18N2O. The highest BCUT2D eigenvalue weighted by Crippen LogP contribution is 2.33. The van der Waals surface area contributed by atoms with Crippen molar-refractivity contribution in [3.05, 3.63) is 18.2 Å². The molecule has 0 aromatic heterocycles. The average molecular weight is 206 g/mol. The molecule has 1 N–H and O–H groups in total. The van der Waals surface area contributed by atoms with E-state index in [4.69, 9.17) is 4.74 Å². The molecule has 0 bridgehead atoms. The lowest BCUT2D eigenvalue weighted by Crippen LogP contribution is -2.38. The van der Waals surface area contributed by atoms with Crippen LogP contribution in [-0.2, 0) is 0 Å². The molecule has 0 saturated carbocycles. The van der Waals surface area contributed by atoms with Crippen molar-refractivity contribution < 1.29 is 4.74 Å². The summed E-state index contributed by atoms with van der Waals surface area (Å²) in [5.41, 5.74) is 2.45. The molecular weight excluding hydrogens is 188 g/mol. The highest BCUT2D eigenvalue weighted by Gasteiger charge is 2.18. The van der Waals surface area contributed by atoms with Crippen molar-refractivity contribution in [3.8, 4) is 5.75 Å². The van der Waals surface area contributed by atoms with Crippen LogP contribution in [0.25, 0.3) is 0 Å². The lowest BCUT2D eigenvalue weighted by Gasteiger charge is -2.35. The van der Waals surface area contributed by atoms with Gasteiger partial charge in [0.25, 0.3) is 0 Å². The van der Waals surface area contributed by atoms with Gasteiger partial charge in [-0.25, -0.2) is 0 Å². The number of hydrogen-bond donors (Lipinski definition) is 1. The number of benzene rings is 1. The van der Waals surface area contributed by atoms with Gasteiger partial charge in [-0.3, -0.25) is 0 Å². The predicted octanol–water partition coefficient (Wildman–Crippen LogP) is 2.34. The number of anilines is 2. The summed E-state index contributed by atoms with van der Waals surface area (Å²) in [6, 6.07) is 6.74. The molecule has 1 aliphatic rings. The van der Waals surface area contributed by atoms with Crippen molar-refractivity contribution in [1.29, 1.82) is 0 Å². The van der Waals surface area contributed by atoms with E-state index < -0.39 is 0 Å². The van der Waals surface area contributed by atoms with Crippen LogP contribution in [0, 0.1) is 0 Å². The third kappa shape index (κ3) is 1.87. The first kappa shape index (κ1) is 10.1. The van der Waals surface area contributed by atoms with E-state index in [2.05, 4.69) is 36.2 Å². The molecule has 1 heterocycles. The molecule has 15 heavy (non-hydrogen) atoms.